The van der Waals surface area contributed by atoms with E-state index in [9.17, 15) is 0 Å². The Balaban J connectivity index is 2.52. The molecule has 0 saturated heterocycles. The van der Waals surface area contributed by atoms with Crippen molar-refractivity contribution in [1.29, 1.82) is 0 Å². The van der Waals surface area contributed by atoms with Crippen LogP contribution in [-0.4, -0.2) is 18.6 Å². The van der Waals surface area contributed by atoms with Gasteiger partial charge in [-0.3, -0.25) is 0 Å². The fourth-order valence-corrected chi connectivity index (χ4v) is 2.33. The Kier molecular flexibility index (Phi) is 3.30. The molecule has 0 aliphatic rings. The van der Waals surface area contributed by atoms with Gasteiger partial charge in [-0.25, -0.2) is 0 Å². The summed E-state index contributed by atoms with van der Waals surface area (Å²) in [5.74, 6) is 0. The molecular formula is C14H20N2. The Labute approximate surface area is 97.1 Å². The molecule has 2 rings (SSSR count). The predicted octanol–water partition coefficient (Wildman–Crippen LogP) is 2.80. The van der Waals surface area contributed by atoms with Crippen LogP contribution in [0.4, 0.5) is 0 Å². The zero-order chi connectivity index (χ0) is 11.5. The van der Waals surface area contributed by atoms with Gasteiger partial charge in [0.1, 0.15) is 0 Å². The van der Waals surface area contributed by atoms with Crippen molar-refractivity contribution in [3.63, 3.8) is 0 Å². The van der Waals surface area contributed by atoms with Crippen molar-refractivity contribution in [1.82, 2.24) is 10.3 Å². The molecule has 1 aromatic heterocycles. The maximum atomic E-state index is 3.53. The average Bonchev–Trinajstić information content (AvgIpc) is 2.62. The van der Waals surface area contributed by atoms with Gasteiger partial charge in [-0.2, -0.15) is 0 Å². The first kappa shape index (κ1) is 11.2. The monoisotopic (exact) mass is 216 g/mol. The second-order valence-corrected chi connectivity index (χ2v) is 4.28. The summed E-state index contributed by atoms with van der Waals surface area (Å²) < 4.78 is 0. The van der Waals surface area contributed by atoms with Gasteiger partial charge in [-0.15, -0.1) is 0 Å². The first-order valence-electron chi connectivity index (χ1n) is 6.01. The third-order valence-corrected chi connectivity index (χ3v) is 3.25. The van der Waals surface area contributed by atoms with E-state index in [1.54, 1.807) is 0 Å². The van der Waals surface area contributed by atoms with Crippen molar-refractivity contribution < 1.29 is 0 Å². The van der Waals surface area contributed by atoms with Crippen LogP contribution in [0.15, 0.2) is 18.2 Å². The third kappa shape index (κ3) is 1.85. The van der Waals surface area contributed by atoms with Crippen molar-refractivity contribution in [2.45, 2.75) is 26.7 Å². The molecule has 2 aromatic rings. The zero-order valence-corrected chi connectivity index (χ0v) is 10.4. The molecule has 0 spiro atoms. The Morgan fingerprint density at radius 1 is 1.31 bits per heavy atom. The summed E-state index contributed by atoms with van der Waals surface area (Å²) in [6.07, 6.45) is 2.18. The van der Waals surface area contributed by atoms with Crippen LogP contribution in [0.5, 0.6) is 0 Å². The maximum Gasteiger partial charge on any atom is 0.0491 e. The van der Waals surface area contributed by atoms with Gasteiger partial charge in [0.25, 0.3) is 0 Å². The minimum atomic E-state index is 1.03. The van der Waals surface area contributed by atoms with E-state index in [2.05, 4.69) is 42.3 Å². The van der Waals surface area contributed by atoms with Gasteiger partial charge >= 0.3 is 0 Å². The number of para-hydroxylation sites is 1. The number of hydrogen-bond donors (Lipinski definition) is 2. The molecule has 0 atom stereocenters. The standard InChI is InChI=1S/C14H20N2/c1-4-11-6-5-7-13-12(8-9-15-3)10(2)16-14(11)13/h5-7,15-16H,4,8-9H2,1-3H3. The van der Waals surface area contributed by atoms with E-state index < -0.39 is 0 Å². The van der Waals surface area contributed by atoms with Crippen LogP contribution < -0.4 is 5.32 Å². The molecule has 0 amide bonds. The summed E-state index contributed by atoms with van der Waals surface area (Å²) in [5.41, 5.74) is 5.51. The van der Waals surface area contributed by atoms with Crippen molar-refractivity contribution in [2.24, 2.45) is 0 Å². The molecule has 0 unspecified atom stereocenters. The van der Waals surface area contributed by atoms with Gasteiger partial charge in [-0.05, 0) is 44.5 Å². The van der Waals surface area contributed by atoms with Crippen molar-refractivity contribution >= 4 is 10.9 Å². The van der Waals surface area contributed by atoms with E-state index in [-0.39, 0.29) is 0 Å². The number of H-pyrrole nitrogens is 1. The molecule has 0 bridgehead atoms. The first-order valence-corrected chi connectivity index (χ1v) is 6.01. The topological polar surface area (TPSA) is 27.8 Å². The zero-order valence-electron chi connectivity index (χ0n) is 10.4. The Bertz CT molecular complexity index is 483. The van der Waals surface area contributed by atoms with Crippen LogP contribution in [0.2, 0.25) is 0 Å². The second-order valence-electron chi connectivity index (χ2n) is 4.28. The molecule has 0 fully saturated rings. The van der Waals surface area contributed by atoms with Crippen LogP contribution in [0, 0.1) is 6.92 Å². The van der Waals surface area contributed by atoms with Crippen LogP contribution in [0.1, 0.15) is 23.7 Å². The predicted molar refractivity (Wildman–Crippen MR) is 70.0 cm³/mol. The first-order chi connectivity index (χ1) is 7.77. The highest BCUT2D eigenvalue weighted by Gasteiger charge is 2.09. The fraction of sp³-hybridized carbons (Fsp3) is 0.429. The summed E-state index contributed by atoms with van der Waals surface area (Å²) in [7, 11) is 2.00. The average molecular weight is 216 g/mol. The van der Waals surface area contributed by atoms with Crippen molar-refractivity contribution in [3.8, 4) is 0 Å². The Hall–Kier alpha value is -1.28. The van der Waals surface area contributed by atoms with Gasteiger partial charge in [0.15, 0.2) is 0 Å². The van der Waals surface area contributed by atoms with Gasteiger partial charge in [-0.1, -0.05) is 25.1 Å². The lowest BCUT2D eigenvalue weighted by Gasteiger charge is -2.02. The maximum absolute atomic E-state index is 3.53. The number of aryl methyl sites for hydroxylation is 2. The van der Waals surface area contributed by atoms with Gasteiger partial charge < -0.3 is 10.3 Å². The molecule has 0 aliphatic carbocycles. The molecule has 1 aromatic carbocycles. The van der Waals surface area contributed by atoms with Crippen LogP contribution in [0.25, 0.3) is 10.9 Å². The van der Waals surface area contributed by atoms with Gasteiger partial charge in [0.2, 0.25) is 0 Å². The van der Waals surface area contributed by atoms with E-state index in [1.807, 2.05) is 7.05 Å². The number of fused-ring (bicyclic) bond motifs is 1. The second kappa shape index (κ2) is 4.71. The minimum Gasteiger partial charge on any atom is -0.358 e. The lowest BCUT2D eigenvalue weighted by atomic mass is 10.0. The van der Waals surface area contributed by atoms with Gasteiger partial charge in [0.05, 0.1) is 0 Å². The van der Waals surface area contributed by atoms with E-state index in [4.69, 9.17) is 0 Å². The molecule has 2 N–H and O–H groups in total. The summed E-state index contributed by atoms with van der Waals surface area (Å²) in [4.78, 5) is 3.53. The van der Waals surface area contributed by atoms with E-state index in [1.165, 1.54) is 27.7 Å². The van der Waals surface area contributed by atoms with Crippen LogP contribution in [0.3, 0.4) is 0 Å². The molecule has 86 valence electrons. The van der Waals surface area contributed by atoms with E-state index in [0.717, 1.165) is 19.4 Å². The Morgan fingerprint density at radius 3 is 2.81 bits per heavy atom. The normalized spacial score (nSPS) is 11.2. The highest BCUT2D eigenvalue weighted by atomic mass is 14.8. The largest absolute Gasteiger partial charge is 0.358 e. The minimum absolute atomic E-state index is 1.03. The third-order valence-electron chi connectivity index (χ3n) is 3.25. The number of nitrogens with one attached hydrogen (secondary N) is 2. The summed E-state index contributed by atoms with van der Waals surface area (Å²) in [5, 5.41) is 4.61. The number of aromatic nitrogens is 1. The quantitative estimate of drug-likeness (QED) is 0.808. The number of aromatic amines is 1. The smallest absolute Gasteiger partial charge is 0.0491 e. The Morgan fingerprint density at radius 2 is 2.12 bits per heavy atom. The highest BCUT2D eigenvalue weighted by molar-refractivity contribution is 5.87. The van der Waals surface area contributed by atoms with E-state index >= 15 is 0 Å². The molecule has 2 nitrogen and oxygen atoms in total. The van der Waals surface area contributed by atoms with Crippen LogP contribution >= 0.6 is 0 Å². The molecule has 0 saturated carbocycles. The summed E-state index contributed by atoms with van der Waals surface area (Å²) in [6, 6.07) is 6.60. The highest BCUT2D eigenvalue weighted by Crippen LogP contribution is 2.25. The molecule has 0 aliphatic heterocycles. The number of hydrogen-bond acceptors (Lipinski definition) is 1. The lowest BCUT2D eigenvalue weighted by molar-refractivity contribution is 0.791. The number of rotatable bonds is 4. The summed E-state index contributed by atoms with van der Waals surface area (Å²) >= 11 is 0. The molecule has 1 heterocycles. The number of likely N-dealkylation sites (N-methyl/N-ethyl adjacent to an activating group) is 1. The number of benzene rings is 1. The fourth-order valence-electron chi connectivity index (χ4n) is 2.33. The van der Waals surface area contributed by atoms with Crippen molar-refractivity contribution in [2.75, 3.05) is 13.6 Å². The van der Waals surface area contributed by atoms with Gasteiger partial charge in [0, 0.05) is 16.6 Å². The lowest BCUT2D eigenvalue weighted by Crippen LogP contribution is -2.10. The van der Waals surface area contributed by atoms with Crippen LogP contribution in [-0.2, 0) is 12.8 Å². The molecular weight excluding hydrogens is 196 g/mol. The molecule has 0 radical (unpaired) electrons. The summed E-state index contributed by atoms with van der Waals surface area (Å²) in [6.45, 7) is 5.41. The molecule has 16 heavy (non-hydrogen) atoms. The van der Waals surface area contributed by atoms with Crippen molar-refractivity contribution in [3.05, 3.63) is 35.0 Å². The molecule has 2 heteroatoms. The SMILES string of the molecule is CCc1cccc2c(CCNC)c(C)[nH]c12. The van der Waals surface area contributed by atoms with E-state index in [0.29, 0.717) is 0 Å².